The maximum absolute atomic E-state index is 11.9. The van der Waals surface area contributed by atoms with Crippen molar-refractivity contribution in [2.24, 2.45) is 0 Å². The Kier molecular flexibility index (Phi) is 5.16. The van der Waals surface area contributed by atoms with Crippen molar-refractivity contribution in [3.05, 3.63) is 24.3 Å². The van der Waals surface area contributed by atoms with E-state index >= 15 is 0 Å². The van der Waals surface area contributed by atoms with Gasteiger partial charge in [-0.2, -0.15) is 0 Å². The summed E-state index contributed by atoms with van der Waals surface area (Å²) >= 11 is 0. The van der Waals surface area contributed by atoms with Crippen molar-refractivity contribution in [2.75, 3.05) is 26.3 Å². The van der Waals surface area contributed by atoms with Crippen LogP contribution < -0.4 is 14.8 Å². The number of ether oxygens (including phenoxy) is 2. The Balaban J connectivity index is 1.92. The van der Waals surface area contributed by atoms with Crippen molar-refractivity contribution in [1.82, 2.24) is 10.2 Å². The number of para-hydroxylation sites is 2. The van der Waals surface area contributed by atoms with Gasteiger partial charge in [-0.25, -0.2) is 0 Å². The number of imide groups is 1. The van der Waals surface area contributed by atoms with Crippen LogP contribution in [-0.4, -0.2) is 49.1 Å². The molecule has 0 radical (unpaired) electrons. The van der Waals surface area contributed by atoms with Gasteiger partial charge in [0.2, 0.25) is 11.8 Å². The lowest BCUT2D eigenvalue weighted by molar-refractivity contribution is -0.149. The van der Waals surface area contributed by atoms with Crippen molar-refractivity contribution in [3.8, 4) is 11.5 Å². The number of benzene rings is 1. The Morgan fingerprint density at radius 2 is 1.90 bits per heavy atom. The quantitative estimate of drug-likeness (QED) is 0.786. The maximum Gasteiger partial charge on any atom is 0.246 e. The first-order valence-corrected chi connectivity index (χ1v) is 7.05. The summed E-state index contributed by atoms with van der Waals surface area (Å²) in [6.45, 7) is 4.86. The number of hydrogen-bond acceptors (Lipinski definition) is 5. The van der Waals surface area contributed by atoms with E-state index in [9.17, 15) is 9.59 Å². The van der Waals surface area contributed by atoms with E-state index in [1.165, 1.54) is 4.90 Å². The summed E-state index contributed by atoms with van der Waals surface area (Å²) in [6.07, 6.45) is 0. The number of nitrogens with one attached hydrogen (secondary N) is 1. The zero-order valence-corrected chi connectivity index (χ0v) is 12.3. The van der Waals surface area contributed by atoms with Gasteiger partial charge in [0.25, 0.3) is 0 Å². The highest BCUT2D eigenvalue weighted by molar-refractivity contribution is 6.00. The fourth-order valence-electron chi connectivity index (χ4n) is 2.11. The molecule has 0 bridgehead atoms. The normalized spacial score (nSPS) is 18.8. The van der Waals surface area contributed by atoms with E-state index in [2.05, 4.69) is 5.32 Å². The summed E-state index contributed by atoms with van der Waals surface area (Å²) in [5, 5.41) is 2.84. The summed E-state index contributed by atoms with van der Waals surface area (Å²) in [7, 11) is 0. The average molecular weight is 292 g/mol. The molecule has 1 fully saturated rings. The van der Waals surface area contributed by atoms with Crippen LogP contribution in [0.25, 0.3) is 0 Å². The lowest BCUT2D eigenvalue weighted by atomic mass is 10.2. The first-order chi connectivity index (χ1) is 10.1. The smallest absolute Gasteiger partial charge is 0.246 e. The van der Waals surface area contributed by atoms with E-state index in [1.54, 1.807) is 13.0 Å². The van der Waals surface area contributed by atoms with E-state index < -0.39 is 0 Å². The van der Waals surface area contributed by atoms with Crippen LogP contribution in [0.3, 0.4) is 0 Å². The number of hydrogen-bond donors (Lipinski definition) is 1. The lowest BCUT2D eigenvalue weighted by Gasteiger charge is -2.29. The average Bonchev–Trinajstić information content (AvgIpc) is 2.49. The highest BCUT2D eigenvalue weighted by atomic mass is 16.5. The van der Waals surface area contributed by atoms with Gasteiger partial charge in [-0.3, -0.25) is 19.8 Å². The molecule has 2 rings (SSSR count). The fourth-order valence-corrected chi connectivity index (χ4v) is 2.11. The summed E-state index contributed by atoms with van der Waals surface area (Å²) in [4.78, 5) is 24.9. The molecular weight excluding hydrogens is 272 g/mol. The second kappa shape index (κ2) is 7.08. The van der Waals surface area contributed by atoms with Gasteiger partial charge in [-0.15, -0.1) is 0 Å². The number of amides is 2. The molecule has 1 atom stereocenters. The molecule has 1 heterocycles. The van der Waals surface area contributed by atoms with Crippen molar-refractivity contribution < 1.29 is 19.1 Å². The lowest BCUT2D eigenvalue weighted by Crippen LogP contribution is -2.57. The predicted octanol–water partition coefficient (Wildman–Crippen LogP) is 0.811. The summed E-state index contributed by atoms with van der Waals surface area (Å²) < 4.78 is 11.1. The highest BCUT2D eigenvalue weighted by Crippen LogP contribution is 2.26. The van der Waals surface area contributed by atoms with Crippen LogP contribution in [0.2, 0.25) is 0 Å². The first-order valence-electron chi connectivity index (χ1n) is 7.05. The molecule has 21 heavy (non-hydrogen) atoms. The monoisotopic (exact) mass is 292 g/mol. The van der Waals surface area contributed by atoms with E-state index in [0.29, 0.717) is 18.1 Å². The molecule has 1 unspecified atom stereocenters. The van der Waals surface area contributed by atoms with Crippen molar-refractivity contribution in [1.29, 1.82) is 0 Å². The van der Waals surface area contributed by atoms with Crippen LogP contribution in [0.4, 0.5) is 0 Å². The Morgan fingerprint density at radius 1 is 1.24 bits per heavy atom. The molecule has 0 spiro atoms. The fraction of sp³-hybridized carbons (Fsp3) is 0.467. The Hall–Kier alpha value is -2.08. The van der Waals surface area contributed by atoms with E-state index in [4.69, 9.17) is 9.47 Å². The number of carbonyl (C=O) groups is 2. The van der Waals surface area contributed by atoms with Crippen LogP contribution in [0, 0.1) is 0 Å². The van der Waals surface area contributed by atoms with Gasteiger partial charge in [-0.1, -0.05) is 12.1 Å². The number of nitrogens with zero attached hydrogens (tertiary/aromatic N) is 1. The molecule has 2 amide bonds. The standard InChI is InChI=1S/C15H20N2O4/c1-3-20-12-6-4-5-7-13(12)21-9-8-17-14(18)10-16-11(2)15(17)19/h4-7,11,16H,3,8-10H2,1-2H3. The topological polar surface area (TPSA) is 67.9 Å². The van der Waals surface area contributed by atoms with Crippen LogP contribution in [0.1, 0.15) is 13.8 Å². The van der Waals surface area contributed by atoms with Crippen LogP contribution in [-0.2, 0) is 9.59 Å². The molecule has 1 aliphatic heterocycles. The molecule has 0 aliphatic carbocycles. The summed E-state index contributed by atoms with van der Waals surface area (Å²) in [5.41, 5.74) is 0. The predicted molar refractivity (Wildman–Crippen MR) is 77.3 cm³/mol. The first kappa shape index (κ1) is 15.3. The van der Waals surface area contributed by atoms with Gasteiger partial charge in [0.1, 0.15) is 6.61 Å². The van der Waals surface area contributed by atoms with Gasteiger partial charge in [-0.05, 0) is 26.0 Å². The van der Waals surface area contributed by atoms with Crippen LogP contribution >= 0.6 is 0 Å². The zero-order chi connectivity index (χ0) is 15.2. The minimum atomic E-state index is -0.335. The van der Waals surface area contributed by atoms with E-state index in [0.717, 1.165) is 0 Å². The molecule has 1 saturated heterocycles. The minimum absolute atomic E-state index is 0.183. The van der Waals surface area contributed by atoms with Crippen molar-refractivity contribution in [2.45, 2.75) is 19.9 Å². The Bertz CT molecular complexity index is 518. The molecule has 1 N–H and O–H groups in total. The van der Waals surface area contributed by atoms with Gasteiger partial charge in [0.05, 0.1) is 25.7 Å². The molecule has 114 valence electrons. The zero-order valence-electron chi connectivity index (χ0n) is 12.3. The highest BCUT2D eigenvalue weighted by Gasteiger charge is 2.30. The minimum Gasteiger partial charge on any atom is -0.490 e. The maximum atomic E-state index is 11.9. The Morgan fingerprint density at radius 3 is 2.57 bits per heavy atom. The van der Waals surface area contributed by atoms with Crippen molar-refractivity contribution >= 4 is 11.8 Å². The van der Waals surface area contributed by atoms with Crippen LogP contribution in [0.15, 0.2) is 24.3 Å². The van der Waals surface area contributed by atoms with Gasteiger partial charge in [0.15, 0.2) is 11.5 Å². The van der Waals surface area contributed by atoms with E-state index in [-0.39, 0.29) is 37.6 Å². The third kappa shape index (κ3) is 3.72. The number of carbonyl (C=O) groups excluding carboxylic acids is 2. The number of piperazine rings is 1. The number of rotatable bonds is 6. The van der Waals surface area contributed by atoms with E-state index in [1.807, 2.05) is 25.1 Å². The molecule has 1 aliphatic rings. The van der Waals surface area contributed by atoms with Gasteiger partial charge < -0.3 is 9.47 Å². The third-order valence-electron chi connectivity index (χ3n) is 3.22. The second-order valence-electron chi connectivity index (χ2n) is 4.71. The Labute approximate surface area is 124 Å². The summed E-state index contributed by atoms with van der Waals surface area (Å²) in [5.74, 6) is 0.835. The molecule has 0 aromatic heterocycles. The molecular formula is C15H20N2O4. The molecule has 6 nitrogen and oxygen atoms in total. The van der Waals surface area contributed by atoms with Gasteiger partial charge >= 0.3 is 0 Å². The van der Waals surface area contributed by atoms with Gasteiger partial charge in [0, 0.05) is 0 Å². The SMILES string of the molecule is CCOc1ccccc1OCCN1C(=O)CNC(C)C1=O. The van der Waals surface area contributed by atoms with Crippen LogP contribution in [0.5, 0.6) is 11.5 Å². The van der Waals surface area contributed by atoms with Crippen molar-refractivity contribution in [3.63, 3.8) is 0 Å². The third-order valence-corrected chi connectivity index (χ3v) is 3.22. The molecule has 1 aromatic rings. The molecule has 6 heteroatoms. The molecule has 1 aromatic carbocycles. The summed E-state index contributed by atoms with van der Waals surface area (Å²) in [6, 6.07) is 7.00. The largest absolute Gasteiger partial charge is 0.490 e. The molecule has 0 saturated carbocycles. The second-order valence-corrected chi connectivity index (χ2v) is 4.71.